The van der Waals surface area contributed by atoms with Gasteiger partial charge in [-0.1, -0.05) is 113 Å². The number of rotatable bonds is 28. The van der Waals surface area contributed by atoms with Gasteiger partial charge in [0, 0.05) is 23.0 Å². The van der Waals surface area contributed by atoms with E-state index in [0.717, 1.165) is 48.7 Å². The Balaban J connectivity index is -0.00000131. The van der Waals surface area contributed by atoms with E-state index >= 15 is 0 Å². The number of hydrazine groups is 1. The molecule has 0 unspecified atom stereocenters. The van der Waals surface area contributed by atoms with E-state index in [1.165, 1.54) is 34.0 Å². The summed E-state index contributed by atoms with van der Waals surface area (Å²) in [6.07, 6.45) is -4.34. The maximum atomic E-state index is 13.6. The molecule has 1 aliphatic rings. The summed E-state index contributed by atoms with van der Waals surface area (Å²) < 4.78 is 78.0. The molecule has 0 bridgehead atoms. The first-order valence-corrected chi connectivity index (χ1v) is 52.0. The molecule has 11 N–H and O–H groups in total. The summed E-state index contributed by atoms with van der Waals surface area (Å²) in [6, 6.07) is 21.5. The predicted molar refractivity (Wildman–Crippen MR) is 468 cm³/mol. The number of primary amides is 2. The SMILES string of the molecule is CC(C)(C)OC(=O)C[C@@H](Cc1ccc(I)cc1)[C@@H]1CO1.CC[C@H](O)[C@@H](CC(=O)OC(C)(C)C)Cc1ccc(I)cc1.CC[C@H](O)[C@@H](CC(=O)[C@@H](NC(=O)OC)C(C)(C)C(F)(F)F)Cc1ccc(I)cc1.COC(=O)C[C@H](C(N)=O)C(C)(C)C.COC(=O)C[C@H](C(N)=O)C(C)(C)C.COC(=O)N[C@H](C(=O)NN)C(C)(C)C.I[I-]I. The number of carbonyl (C=O) groups excluding carboxylic acids is 10. The van der Waals surface area contributed by atoms with Crippen LogP contribution < -0.4 is 46.6 Å². The second-order valence-corrected chi connectivity index (χ2v) is 52.3. The molecule has 0 saturated carbocycles. The van der Waals surface area contributed by atoms with Crippen LogP contribution in [0.1, 0.15) is 193 Å². The first kappa shape index (κ1) is 113. The van der Waals surface area contributed by atoms with Gasteiger partial charge >= 0.3 is 92.7 Å². The summed E-state index contributed by atoms with van der Waals surface area (Å²) in [5.41, 5.74) is 11.1. The van der Waals surface area contributed by atoms with Crippen molar-refractivity contribution in [3.05, 3.63) is 100 Å². The van der Waals surface area contributed by atoms with Crippen LogP contribution in [0.5, 0.6) is 0 Å². The zero-order valence-corrected chi connectivity index (χ0v) is 82.4. The Morgan fingerprint density at radius 1 is 0.496 bits per heavy atom. The van der Waals surface area contributed by atoms with E-state index in [9.17, 15) is 71.3 Å². The molecule has 3 aromatic carbocycles. The van der Waals surface area contributed by atoms with E-state index < -0.39 is 118 Å². The molecule has 1 fully saturated rings. The van der Waals surface area contributed by atoms with Gasteiger partial charge < -0.3 is 65.5 Å². The van der Waals surface area contributed by atoms with Crippen molar-refractivity contribution in [3.8, 4) is 0 Å². The molecule has 0 spiro atoms. The second kappa shape index (κ2) is 55.1. The molecule has 3 aromatic rings. The number of aliphatic hydroxyl groups excluding tert-OH is 2. The molecule has 648 valence electrons. The van der Waals surface area contributed by atoms with Crippen LogP contribution in [0.15, 0.2) is 72.8 Å². The van der Waals surface area contributed by atoms with Crippen LogP contribution in [-0.4, -0.2) is 153 Å². The number of methoxy groups -OCH3 is 4. The number of carbonyl (C=O) groups is 10. The van der Waals surface area contributed by atoms with Crippen molar-refractivity contribution in [1.29, 1.82) is 0 Å². The van der Waals surface area contributed by atoms with E-state index in [-0.39, 0.29) is 66.4 Å². The van der Waals surface area contributed by atoms with E-state index in [0.29, 0.717) is 45.4 Å². The molecule has 1 aliphatic heterocycles. The molecule has 113 heavy (non-hydrogen) atoms. The molecular formula is C79H124F3I6N6O19-. The van der Waals surface area contributed by atoms with Gasteiger partial charge in [0.25, 0.3) is 5.91 Å². The van der Waals surface area contributed by atoms with E-state index in [2.05, 4.69) is 154 Å². The van der Waals surface area contributed by atoms with Gasteiger partial charge in [0.15, 0.2) is 5.78 Å². The number of hydrogen-bond donors (Lipinski definition) is 8. The van der Waals surface area contributed by atoms with E-state index in [1.54, 1.807) is 6.92 Å². The van der Waals surface area contributed by atoms with Crippen molar-refractivity contribution in [2.45, 2.75) is 244 Å². The van der Waals surface area contributed by atoms with E-state index in [1.807, 2.05) is 170 Å². The fourth-order valence-electron chi connectivity index (χ4n) is 10.5. The molecule has 0 radical (unpaired) electrons. The van der Waals surface area contributed by atoms with Crippen molar-refractivity contribution in [1.82, 2.24) is 16.1 Å². The Hall–Kier alpha value is -3.83. The zero-order valence-electron chi connectivity index (χ0n) is 69.4. The first-order valence-electron chi connectivity index (χ1n) is 36.2. The molecule has 0 aromatic heterocycles. The van der Waals surface area contributed by atoms with Crippen molar-refractivity contribution in [2.24, 2.45) is 68.6 Å². The molecule has 4 rings (SSSR count). The number of hydrogen-bond acceptors (Lipinski definition) is 20. The van der Waals surface area contributed by atoms with Crippen molar-refractivity contribution in [3.63, 3.8) is 0 Å². The number of Topliss-reactive ketones (excluding diaryl/α,β-unsaturated/α-hetero) is 1. The average molecular weight is 2280 g/mol. The van der Waals surface area contributed by atoms with Crippen LogP contribution in [0.4, 0.5) is 22.8 Å². The van der Waals surface area contributed by atoms with Gasteiger partial charge in [-0.25, -0.2) is 15.4 Å². The van der Waals surface area contributed by atoms with E-state index in [4.69, 9.17) is 31.5 Å². The third-order valence-corrected chi connectivity index (χ3v) is 19.3. The quantitative estimate of drug-likeness (QED) is 0.00636. The third-order valence-electron chi connectivity index (χ3n) is 17.1. The molecule has 1 heterocycles. The molecule has 5 amide bonds. The fourth-order valence-corrected chi connectivity index (χ4v) is 11.5. The fraction of sp³-hybridized carbons (Fsp3) is 0.646. The van der Waals surface area contributed by atoms with Gasteiger partial charge in [0.1, 0.15) is 23.3 Å². The molecule has 34 heteroatoms. The number of halogens is 9. The number of nitrogens with two attached hydrogens (primary N) is 3. The Bertz CT molecular complexity index is 3310. The number of nitrogens with one attached hydrogen (secondary N) is 3. The van der Waals surface area contributed by atoms with Gasteiger partial charge in [-0.15, -0.1) is 0 Å². The Morgan fingerprint density at radius 2 is 0.805 bits per heavy atom. The summed E-state index contributed by atoms with van der Waals surface area (Å²) in [4.78, 5) is 115. The Kier molecular flexibility index (Phi) is 55.2. The number of epoxide rings is 1. The van der Waals surface area contributed by atoms with Crippen LogP contribution >= 0.6 is 105 Å². The molecule has 1 saturated heterocycles. The summed E-state index contributed by atoms with van der Waals surface area (Å²) in [7, 11) is 4.83. The van der Waals surface area contributed by atoms with Crippen LogP contribution in [0.2, 0.25) is 0 Å². The third kappa shape index (κ3) is 51.3. The molecule has 10 atom stereocenters. The number of ketones is 1. The Labute approximate surface area is 738 Å². The number of benzene rings is 3. The van der Waals surface area contributed by atoms with Gasteiger partial charge in [0.2, 0.25) is 11.8 Å². The summed E-state index contributed by atoms with van der Waals surface area (Å²) in [6.45, 7) is 34.0. The van der Waals surface area contributed by atoms with Crippen LogP contribution in [-0.2, 0) is 90.8 Å². The number of alkyl halides is 3. The van der Waals surface area contributed by atoms with Crippen LogP contribution in [0.25, 0.3) is 0 Å². The average Bonchev–Trinajstić information content (AvgIpc) is 1.28. The van der Waals surface area contributed by atoms with Gasteiger partial charge in [0.05, 0.1) is 96.3 Å². The van der Waals surface area contributed by atoms with Crippen molar-refractivity contribution in [2.75, 3.05) is 35.0 Å². The summed E-state index contributed by atoms with van der Waals surface area (Å²) in [5.74, 6) is 0.203. The first-order chi connectivity index (χ1) is 51.7. The summed E-state index contributed by atoms with van der Waals surface area (Å²) >= 11 is 12.0. The minimum atomic E-state index is -4.73. The van der Waals surface area contributed by atoms with Crippen molar-refractivity contribution >= 4 is 165 Å². The number of aliphatic hydroxyl groups is 2. The molecular weight excluding hydrogens is 2160 g/mol. The molecule has 25 nitrogen and oxygen atoms in total. The monoisotopic (exact) mass is 2280 g/mol. The normalized spacial score (nSPS) is 15.0. The van der Waals surface area contributed by atoms with Crippen LogP contribution in [0, 0.1) is 62.0 Å². The topological polar surface area (TPSA) is 393 Å². The molecule has 0 aliphatic carbocycles. The van der Waals surface area contributed by atoms with Gasteiger partial charge in [-0.3, -0.25) is 43.8 Å². The second-order valence-electron chi connectivity index (χ2n) is 32.3. The van der Waals surface area contributed by atoms with Gasteiger partial charge in [-0.05, 0) is 236 Å². The number of esters is 4. The maximum absolute atomic E-state index is 13.6. The van der Waals surface area contributed by atoms with Crippen molar-refractivity contribution < 1.29 is 118 Å². The zero-order chi connectivity index (χ0) is 88.6. The van der Waals surface area contributed by atoms with Gasteiger partial charge in [-0.2, -0.15) is 13.2 Å². The standard InChI is InChI=1S/C20H27F3INO4.C17H25IO3.C16H21IO3.2C9H17NO3.C8H17N3O3.I3/c1-5-15(26)13(10-12-6-8-14(24)9-7-12)11-16(27)17(25-18(28)29-4)19(2,3)20(21,22)23;1-5-15(19)13(11-16(20)21-17(2,3)4)10-12-6-8-14(18)9-7-12;1-16(2,3)20-15(18)9-12(14-10-19-14)8-11-4-6-13(17)7-5-11;2*1-9(2,3)6(8(10)12)5-7(11)13-4;1-8(2,3)5(6(12)11-9)10-7(13)14-4;1-3-2/h6-9,13,15,17,26H,5,10-11H2,1-4H3,(H,25,28);6-9,13,15,19H,5,10-11H2,1-4H3;4-7,12,14H,8-10H2,1-3H3;2*6H,5H2,1-4H3,(H2,10,12);5H,9H2,1-4H3,(H,10,13)(H,11,12);/q;;;;;;-1/t13-,15+,17-;13-,15+;12-,14+;2*6-;5-;/m111111./s1. The predicted octanol–water partition coefficient (Wildman–Crippen LogP) is 11.9. The number of alkyl carbamates (subject to hydrolysis) is 2. The summed E-state index contributed by atoms with van der Waals surface area (Å²) in [5, 5.41) is 25.0. The Morgan fingerprint density at radius 3 is 1.06 bits per heavy atom. The number of ether oxygens (including phenoxy) is 7. The minimum absolute atomic E-state index is 0.0509. The number of amides is 5. The van der Waals surface area contributed by atoms with Crippen LogP contribution in [0.3, 0.4) is 0 Å².